The van der Waals surface area contributed by atoms with Crippen molar-refractivity contribution in [2.75, 3.05) is 18.0 Å². The number of nitrogens with zero attached hydrogens (tertiary/aromatic N) is 6. The lowest BCUT2D eigenvalue weighted by Crippen LogP contribution is -2.32. The topological polar surface area (TPSA) is 86.0 Å². The molecule has 0 amide bonds. The molecule has 5 heterocycles. The third-order valence-electron chi connectivity index (χ3n) is 5.03. The van der Waals surface area contributed by atoms with E-state index in [2.05, 4.69) is 29.9 Å². The molecule has 0 aliphatic carbocycles. The van der Waals surface area contributed by atoms with Crippen LogP contribution in [0.25, 0.3) is 10.8 Å². The summed E-state index contributed by atoms with van der Waals surface area (Å²) in [6.45, 7) is 4.64. The Morgan fingerprint density at radius 3 is 2.77 bits per heavy atom. The van der Waals surface area contributed by atoms with Gasteiger partial charge >= 0.3 is 0 Å². The molecule has 1 saturated heterocycles. The van der Waals surface area contributed by atoms with Crippen molar-refractivity contribution in [1.82, 2.24) is 25.0 Å². The zero-order chi connectivity index (χ0) is 20.3. The molecule has 0 radical (unpaired) electrons. The fourth-order valence-corrected chi connectivity index (χ4v) is 5.02. The Morgan fingerprint density at radius 1 is 1.10 bits per heavy atom. The molecule has 1 atom stereocenters. The quantitative estimate of drug-likeness (QED) is 0.375. The Bertz CT molecular complexity index is 1070. The smallest absolute Gasteiger partial charge is 0.257 e. The summed E-state index contributed by atoms with van der Waals surface area (Å²) in [4.78, 5) is 3.29. The average molecular weight is 443 g/mol. The number of aromatic nitrogens is 5. The fraction of sp³-hybridized carbons (Fsp3) is 0.400. The first-order valence-corrected chi connectivity index (χ1v) is 11.8. The maximum atomic E-state index is 5.91. The number of hydrogen-bond acceptors (Lipinski definition) is 9. The summed E-state index contributed by atoms with van der Waals surface area (Å²) in [6, 6.07) is 7.83. The Kier molecular flexibility index (Phi) is 5.58. The van der Waals surface area contributed by atoms with Crippen LogP contribution in [0.4, 0.5) is 5.95 Å². The predicted molar refractivity (Wildman–Crippen MR) is 116 cm³/mol. The third kappa shape index (κ3) is 4.01. The van der Waals surface area contributed by atoms with E-state index < -0.39 is 0 Å². The van der Waals surface area contributed by atoms with Crippen LogP contribution in [0.15, 0.2) is 49.9 Å². The van der Waals surface area contributed by atoms with Gasteiger partial charge in [-0.3, -0.25) is 4.57 Å². The minimum Gasteiger partial charge on any atom is -0.467 e. The molecule has 0 aromatic carbocycles. The van der Waals surface area contributed by atoms with Crippen molar-refractivity contribution in [2.45, 2.75) is 43.1 Å². The van der Waals surface area contributed by atoms with Crippen molar-refractivity contribution in [1.29, 1.82) is 0 Å². The summed E-state index contributed by atoms with van der Waals surface area (Å²) in [7, 11) is 0. The van der Waals surface area contributed by atoms with Crippen molar-refractivity contribution in [3.05, 3.63) is 47.6 Å². The minimum atomic E-state index is -0.0556. The summed E-state index contributed by atoms with van der Waals surface area (Å²) >= 11 is 3.15. The molecule has 156 valence electrons. The van der Waals surface area contributed by atoms with E-state index in [1.807, 2.05) is 36.6 Å². The van der Waals surface area contributed by atoms with E-state index in [9.17, 15) is 0 Å². The second-order valence-electron chi connectivity index (χ2n) is 7.18. The van der Waals surface area contributed by atoms with Crippen LogP contribution in [-0.2, 0) is 6.54 Å². The molecule has 1 aliphatic heterocycles. The Hall–Kier alpha value is -2.59. The van der Waals surface area contributed by atoms with Gasteiger partial charge in [-0.25, -0.2) is 0 Å². The molecule has 10 heteroatoms. The van der Waals surface area contributed by atoms with Crippen LogP contribution in [0.2, 0.25) is 0 Å². The van der Waals surface area contributed by atoms with Crippen molar-refractivity contribution in [2.24, 2.45) is 0 Å². The summed E-state index contributed by atoms with van der Waals surface area (Å²) in [5.74, 6) is 2.90. The molecule has 0 saturated carbocycles. The van der Waals surface area contributed by atoms with Gasteiger partial charge in [-0.1, -0.05) is 17.8 Å². The number of rotatable bonds is 7. The van der Waals surface area contributed by atoms with Crippen molar-refractivity contribution < 1.29 is 8.83 Å². The molecule has 5 rings (SSSR count). The first kappa shape index (κ1) is 19.4. The number of anilines is 1. The van der Waals surface area contributed by atoms with E-state index in [4.69, 9.17) is 8.83 Å². The van der Waals surface area contributed by atoms with Gasteiger partial charge in [-0.05, 0) is 49.8 Å². The molecular formula is C20H22N6O2S2. The molecule has 1 unspecified atom stereocenters. The van der Waals surface area contributed by atoms with Gasteiger partial charge in [0.25, 0.3) is 5.89 Å². The van der Waals surface area contributed by atoms with Gasteiger partial charge in [0.1, 0.15) is 5.76 Å². The Morgan fingerprint density at radius 2 is 2.00 bits per heavy atom. The molecule has 8 nitrogen and oxygen atoms in total. The molecule has 1 fully saturated rings. The second kappa shape index (κ2) is 8.65. The Labute approximate surface area is 182 Å². The van der Waals surface area contributed by atoms with E-state index in [1.54, 1.807) is 29.4 Å². The largest absolute Gasteiger partial charge is 0.467 e. The van der Waals surface area contributed by atoms with Crippen LogP contribution >= 0.6 is 23.1 Å². The zero-order valence-corrected chi connectivity index (χ0v) is 18.2. The predicted octanol–water partition coefficient (Wildman–Crippen LogP) is 4.87. The molecule has 0 N–H and O–H groups in total. The second-order valence-corrected chi connectivity index (χ2v) is 9.43. The van der Waals surface area contributed by atoms with Gasteiger partial charge in [0.2, 0.25) is 11.8 Å². The van der Waals surface area contributed by atoms with Gasteiger partial charge in [0.05, 0.1) is 22.9 Å². The number of hydrogen-bond donors (Lipinski definition) is 0. The lowest BCUT2D eigenvalue weighted by molar-refractivity contribution is 0.478. The lowest BCUT2D eigenvalue weighted by Gasteiger charge is -2.27. The fourth-order valence-electron chi connectivity index (χ4n) is 3.50. The average Bonchev–Trinajstić information content (AvgIpc) is 3.56. The van der Waals surface area contributed by atoms with Gasteiger partial charge in [0, 0.05) is 13.1 Å². The molecule has 0 bridgehead atoms. The van der Waals surface area contributed by atoms with Gasteiger partial charge in [0.15, 0.2) is 5.16 Å². The van der Waals surface area contributed by atoms with Crippen molar-refractivity contribution >= 4 is 29.0 Å². The SMILES string of the molecule is CC(Sc1nnc(N2CCCCC2)n1Cc1ccco1)c1nnc(-c2cccs2)o1. The molecule has 30 heavy (non-hydrogen) atoms. The van der Waals surface area contributed by atoms with Gasteiger partial charge in [-0.2, -0.15) is 0 Å². The minimum absolute atomic E-state index is 0.0556. The highest BCUT2D eigenvalue weighted by Crippen LogP contribution is 2.36. The summed E-state index contributed by atoms with van der Waals surface area (Å²) in [5.41, 5.74) is 0. The highest BCUT2D eigenvalue weighted by atomic mass is 32.2. The van der Waals surface area contributed by atoms with Crippen molar-refractivity contribution in [3.8, 4) is 10.8 Å². The lowest BCUT2D eigenvalue weighted by atomic mass is 10.1. The zero-order valence-electron chi connectivity index (χ0n) is 16.6. The Balaban J connectivity index is 1.39. The number of furan rings is 1. The van der Waals surface area contributed by atoms with E-state index in [1.165, 1.54) is 19.3 Å². The molecule has 0 spiro atoms. The van der Waals surface area contributed by atoms with Crippen LogP contribution in [0.5, 0.6) is 0 Å². The molecule has 1 aliphatic rings. The van der Waals surface area contributed by atoms with Gasteiger partial charge in [-0.15, -0.1) is 31.7 Å². The highest BCUT2D eigenvalue weighted by Gasteiger charge is 2.24. The van der Waals surface area contributed by atoms with E-state index in [-0.39, 0.29) is 5.25 Å². The van der Waals surface area contributed by atoms with Gasteiger partial charge < -0.3 is 13.7 Å². The van der Waals surface area contributed by atoms with E-state index in [0.717, 1.165) is 34.8 Å². The number of piperidine rings is 1. The maximum absolute atomic E-state index is 5.91. The first-order valence-electron chi connectivity index (χ1n) is 10.0. The van der Waals surface area contributed by atoms with Crippen LogP contribution in [0.1, 0.15) is 43.1 Å². The molecular weight excluding hydrogens is 420 g/mol. The summed E-state index contributed by atoms with van der Waals surface area (Å²) < 4.78 is 13.6. The first-order chi connectivity index (χ1) is 14.8. The number of thioether (sulfide) groups is 1. The normalized spacial score (nSPS) is 15.6. The van der Waals surface area contributed by atoms with E-state index >= 15 is 0 Å². The van der Waals surface area contributed by atoms with Crippen LogP contribution in [-0.4, -0.2) is 38.1 Å². The van der Waals surface area contributed by atoms with E-state index in [0.29, 0.717) is 18.3 Å². The number of thiophene rings is 1. The third-order valence-corrected chi connectivity index (χ3v) is 6.96. The summed E-state index contributed by atoms with van der Waals surface area (Å²) in [6.07, 6.45) is 5.32. The van der Waals surface area contributed by atoms with Crippen molar-refractivity contribution in [3.63, 3.8) is 0 Å². The maximum Gasteiger partial charge on any atom is 0.257 e. The van der Waals surface area contributed by atoms with Crippen LogP contribution in [0.3, 0.4) is 0 Å². The molecule has 4 aromatic heterocycles. The molecule has 4 aromatic rings. The van der Waals surface area contributed by atoms with Crippen LogP contribution in [0, 0.1) is 0 Å². The highest BCUT2D eigenvalue weighted by molar-refractivity contribution is 7.99. The summed E-state index contributed by atoms with van der Waals surface area (Å²) in [5, 5.41) is 20.2. The van der Waals surface area contributed by atoms with Crippen LogP contribution < -0.4 is 4.90 Å². The standard InChI is InChI=1S/C20H22N6O2S2/c1-14(17-21-22-18(28-17)16-8-6-12-29-16)30-20-24-23-19(25-9-3-2-4-10-25)26(20)13-15-7-5-11-27-15/h5-8,11-12,14H,2-4,9-10,13H2,1H3. The monoisotopic (exact) mass is 442 g/mol.